The van der Waals surface area contributed by atoms with E-state index in [2.05, 4.69) is 22.6 Å². The molecule has 3 heteroatoms. The number of halogens is 2. The molecule has 0 amide bonds. The van der Waals surface area contributed by atoms with Gasteiger partial charge in [-0.15, -0.1) is 11.8 Å². The Hall–Kier alpha value is 0.230. The van der Waals surface area contributed by atoms with Crippen molar-refractivity contribution in [3.63, 3.8) is 0 Å². The number of hydrogen-bond donors (Lipinski definition) is 0. The Morgan fingerprint density at radius 2 is 2.27 bits per heavy atom. The molecular weight excluding hydrogens is 274 g/mol. The lowest BCUT2D eigenvalue weighted by atomic mass is 10.4. The van der Waals surface area contributed by atoms with Gasteiger partial charge >= 0.3 is 0 Å². The molecule has 0 aliphatic carbocycles. The van der Waals surface area contributed by atoms with Gasteiger partial charge in [0.15, 0.2) is 0 Å². The lowest BCUT2D eigenvalue weighted by molar-refractivity contribution is 0.624. The molecule has 0 aliphatic heterocycles. The van der Waals surface area contributed by atoms with E-state index in [0.29, 0.717) is 0 Å². The third-order valence-corrected chi connectivity index (χ3v) is 3.41. The van der Waals surface area contributed by atoms with Crippen molar-refractivity contribution in [2.24, 2.45) is 0 Å². The van der Waals surface area contributed by atoms with Crippen molar-refractivity contribution in [3.05, 3.63) is 30.1 Å². The van der Waals surface area contributed by atoms with Crippen LogP contribution in [-0.2, 0) is 0 Å². The summed E-state index contributed by atoms with van der Waals surface area (Å²) in [5, 5.41) is 0. The minimum absolute atomic E-state index is 0.150. The Morgan fingerprint density at radius 3 is 2.91 bits per heavy atom. The molecule has 0 N–H and O–H groups in total. The Balaban J connectivity index is 2.56. The lowest BCUT2D eigenvalue weighted by Crippen LogP contribution is -1.79. The second kappa shape index (κ2) is 4.98. The van der Waals surface area contributed by atoms with E-state index < -0.39 is 0 Å². The zero-order valence-electron chi connectivity index (χ0n) is 5.89. The molecule has 0 spiro atoms. The predicted molar refractivity (Wildman–Crippen MR) is 56.0 cm³/mol. The van der Waals surface area contributed by atoms with E-state index in [1.807, 2.05) is 6.07 Å². The molecule has 0 saturated heterocycles. The van der Waals surface area contributed by atoms with Crippen molar-refractivity contribution >= 4 is 34.4 Å². The van der Waals surface area contributed by atoms with Crippen LogP contribution in [0.25, 0.3) is 0 Å². The smallest absolute Gasteiger partial charge is 0.124 e. The van der Waals surface area contributed by atoms with Gasteiger partial charge in [-0.2, -0.15) is 0 Å². The summed E-state index contributed by atoms with van der Waals surface area (Å²) in [7, 11) is 0. The maximum absolute atomic E-state index is 12.6. The molecule has 0 atom stereocenters. The molecule has 0 unspecified atom stereocenters. The van der Waals surface area contributed by atoms with Crippen molar-refractivity contribution in [2.45, 2.75) is 4.90 Å². The Bertz CT molecular complexity index is 227. The SMILES string of the molecule is Fc1cccc(SCCI)c1. The van der Waals surface area contributed by atoms with Crippen molar-refractivity contribution in [2.75, 3.05) is 10.2 Å². The number of thioether (sulfide) groups is 1. The molecule has 1 rings (SSSR count). The summed E-state index contributed by atoms with van der Waals surface area (Å²) in [5.74, 6) is 0.896. The first-order valence-electron chi connectivity index (χ1n) is 3.27. The van der Waals surface area contributed by atoms with Crippen LogP contribution < -0.4 is 0 Å². The van der Waals surface area contributed by atoms with Crippen LogP contribution >= 0.6 is 34.4 Å². The van der Waals surface area contributed by atoms with E-state index in [1.165, 1.54) is 6.07 Å². The zero-order valence-corrected chi connectivity index (χ0v) is 8.86. The number of alkyl halides is 1. The van der Waals surface area contributed by atoms with Crippen molar-refractivity contribution in [1.82, 2.24) is 0 Å². The highest BCUT2D eigenvalue weighted by Gasteiger charge is 1.93. The molecule has 0 saturated carbocycles. The predicted octanol–water partition coefficient (Wildman–Crippen LogP) is 3.35. The average Bonchev–Trinajstić information content (AvgIpc) is 2.01. The summed E-state index contributed by atoms with van der Waals surface area (Å²) in [6.07, 6.45) is 0. The summed E-state index contributed by atoms with van der Waals surface area (Å²) in [5.41, 5.74) is 0. The third-order valence-electron chi connectivity index (χ3n) is 1.14. The normalized spacial score (nSPS) is 10.0. The Kier molecular flexibility index (Phi) is 4.22. The summed E-state index contributed by atoms with van der Waals surface area (Å²) >= 11 is 4.00. The van der Waals surface area contributed by atoms with Gasteiger partial charge in [0.1, 0.15) is 5.82 Å². The van der Waals surface area contributed by atoms with Crippen LogP contribution in [0.3, 0.4) is 0 Å². The molecule has 1 aromatic rings. The van der Waals surface area contributed by atoms with Crippen LogP contribution in [0.1, 0.15) is 0 Å². The standard InChI is InChI=1S/C8H8FIS/c9-7-2-1-3-8(6-7)11-5-4-10/h1-3,6H,4-5H2. The van der Waals surface area contributed by atoms with Crippen LogP contribution in [0, 0.1) is 5.82 Å². The van der Waals surface area contributed by atoms with Crippen LogP contribution in [0.4, 0.5) is 4.39 Å². The average molecular weight is 282 g/mol. The number of benzene rings is 1. The highest BCUT2D eigenvalue weighted by Crippen LogP contribution is 2.18. The Morgan fingerprint density at radius 1 is 1.45 bits per heavy atom. The lowest BCUT2D eigenvalue weighted by Gasteiger charge is -1.97. The van der Waals surface area contributed by atoms with Crippen LogP contribution in [-0.4, -0.2) is 10.2 Å². The minimum Gasteiger partial charge on any atom is -0.207 e. The van der Waals surface area contributed by atoms with E-state index in [0.717, 1.165) is 15.1 Å². The van der Waals surface area contributed by atoms with Gasteiger partial charge in [-0.3, -0.25) is 0 Å². The van der Waals surface area contributed by atoms with Gasteiger partial charge < -0.3 is 0 Å². The highest BCUT2D eigenvalue weighted by atomic mass is 127. The molecule has 0 heterocycles. The summed E-state index contributed by atoms with van der Waals surface area (Å²) in [4.78, 5) is 1.02. The first kappa shape index (κ1) is 9.32. The van der Waals surface area contributed by atoms with Crippen LogP contribution in [0.15, 0.2) is 29.2 Å². The first-order chi connectivity index (χ1) is 5.33. The van der Waals surface area contributed by atoms with Crippen molar-refractivity contribution in [1.29, 1.82) is 0 Å². The second-order valence-electron chi connectivity index (χ2n) is 1.99. The van der Waals surface area contributed by atoms with E-state index in [-0.39, 0.29) is 5.82 Å². The van der Waals surface area contributed by atoms with Crippen molar-refractivity contribution in [3.8, 4) is 0 Å². The number of rotatable bonds is 3. The van der Waals surface area contributed by atoms with Gasteiger partial charge in [0.05, 0.1) is 0 Å². The summed E-state index contributed by atoms with van der Waals surface area (Å²) in [6, 6.07) is 6.70. The minimum atomic E-state index is -0.150. The van der Waals surface area contributed by atoms with Gasteiger partial charge in [-0.1, -0.05) is 28.7 Å². The quantitative estimate of drug-likeness (QED) is 0.465. The van der Waals surface area contributed by atoms with Crippen LogP contribution in [0.2, 0.25) is 0 Å². The van der Waals surface area contributed by atoms with Gasteiger partial charge in [0.2, 0.25) is 0 Å². The van der Waals surface area contributed by atoms with E-state index >= 15 is 0 Å². The number of hydrogen-bond acceptors (Lipinski definition) is 1. The monoisotopic (exact) mass is 282 g/mol. The highest BCUT2D eigenvalue weighted by molar-refractivity contribution is 14.1. The molecule has 0 bridgehead atoms. The molecule has 0 aliphatic rings. The molecular formula is C8H8FIS. The third kappa shape index (κ3) is 3.42. The van der Waals surface area contributed by atoms with Gasteiger partial charge in [-0.05, 0) is 18.2 Å². The van der Waals surface area contributed by atoms with E-state index in [9.17, 15) is 4.39 Å². The second-order valence-corrected chi connectivity index (χ2v) is 4.24. The maximum atomic E-state index is 12.6. The molecule has 0 radical (unpaired) electrons. The van der Waals surface area contributed by atoms with Gasteiger partial charge in [-0.25, -0.2) is 4.39 Å². The van der Waals surface area contributed by atoms with E-state index in [4.69, 9.17) is 0 Å². The van der Waals surface area contributed by atoms with Gasteiger partial charge in [0, 0.05) is 15.1 Å². The first-order valence-corrected chi connectivity index (χ1v) is 5.78. The topological polar surface area (TPSA) is 0 Å². The fraction of sp³-hybridized carbons (Fsp3) is 0.250. The van der Waals surface area contributed by atoms with E-state index in [1.54, 1.807) is 23.9 Å². The molecule has 0 nitrogen and oxygen atoms in total. The largest absolute Gasteiger partial charge is 0.207 e. The fourth-order valence-electron chi connectivity index (χ4n) is 0.713. The summed E-state index contributed by atoms with van der Waals surface area (Å²) < 4.78 is 13.7. The van der Waals surface area contributed by atoms with Crippen molar-refractivity contribution < 1.29 is 4.39 Å². The van der Waals surface area contributed by atoms with Gasteiger partial charge in [0.25, 0.3) is 0 Å². The molecule has 60 valence electrons. The molecule has 0 fully saturated rings. The molecule has 0 aromatic heterocycles. The maximum Gasteiger partial charge on any atom is 0.124 e. The molecule has 11 heavy (non-hydrogen) atoms. The zero-order chi connectivity index (χ0) is 8.10. The summed E-state index contributed by atoms with van der Waals surface area (Å²) in [6.45, 7) is 0. The fourth-order valence-corrected chi connectivity index (χ4v) is 2.06. The van der Waals surface area contributed by atoms with Crippen LogP contribution in [0.5, 0.6) is 0 Å². The molecule has 1 aromatic carbocycles. The Labute approximate surface area is 83.7 Å².